The molecule has 0 saturated carbocycles. The number of ether oxygens (including phenoxy) is 5. The minimum atomic E-state index is -1.04. The zero-order chi connectivity index (χ0) is 30.9. The number of carboxylic acids is 2. The third-order valence-corrected chi connectivity index (χ3v) is 8.46. The van der Waals surface area contributed by atoms with Gasteiger partial charge in [-0.3, -0.25) is 4.79 Å². The number of methoxy groups -OCH3 is 5. The van der Waals surface area contributed by atoms with Gasteiger partial charge >= 0.3 is 5.97 Å². The highest BCUT2D eigenvalue weighted by Crippen LogP contribution is 2.48. The fraction of sp³-hybridized carbons (Fsp3) is 0.562. The van der Waals surface area contributed by atoms with E-state index in [1.165, 1.54) is 0 Å². The number of hydrogen-bond acceptors (Lipinski definition) is 8. The summed E-state index contributed by atoms with van der Waals surface area (Å²) in [5.74, 6) is 0.515. The SMILES string of the molecule is COc1cc2c(cc1OC)[C@H](c1cc(OC)c(OC)c(OC)c1)[N@+](C)(CCCC(CCCCCC(=O)O)C(=O)[O-])CC2.Cl.Cl. The van der Waals surface area contributed by atoms with E-state index in [1.807, 2.05) is 24.3 Å². The second-order valence-corrected chi connectivity index (χ2v) is 11.1. The van der Waals surface area contributed by atoms with Gasteiger partial charge < -0.3 is 43.2 Å². The van der Waals surface area contributed by atoms with Crippen LogP contribution in [-0.4, -0.2) is 77.2 Å². The van der Waals surface area contributed by atoms with Crippen LogP contribution in [0, 0.1) is 5.92 Å². The van der Waals surface area contributed by atoms with Crippen molar-refractivity contribution in [3.05, 3.63) is 41.0 Å². The van der Waals surface area contributed by atoms with E-state index in [1.54, 1.807) is 35.5 Å². The van der Waals surface area contributed by atoms with Crippen LogP contribution in [0.3, 0.4) is 0 Å². The molecule has 1 heterocycles. The molecular formula is C32H47Cl2NO9. The lowest BCUT2D eigenvalue weighted by molar-refractivity contribution is -0.935. The molecule has 1 unspecified atom stereocenters. The predicted molar refractivity (Wildman–Crippen MR) is 170 cm³/mol. The van der Waals surface area contributed by atoms with E-state index < -0.39 is 17.9 Å². The molecule has 10 nitrogen and oxygen atoms in total. The number of rotatable bonds is 17. The van der Waals surface area contributed by atoms with Gasteiger partial charge in [0.2, 0.25) is 5.75 Å². The fourth-order valence-electron chi connectivity index (χ4n) is 6.21. The van der Waals surface area contributed by atoms with Crippen molar-refractivity contribution in [3.63, 3.8) is 0 Å². The number of carbonyl (C=O) groups is 2. The predicted octanol–water partition coefficient (Wildman–Crippen LogP) is 4.85. The van der Waals surface area contributed by atoms with Crippen LogP contribution in [0.4, 0.5) is 0 Å². The maximum Gasteiger partial charge on any atom is 0.303 e. The average Bonchev–Trinajstić information content (AvgIpc) is 2.98. The molecule has 12 heteroatoms. The molecule has 0 radical (unpaired) electrons. The smallest absolute Gasteiger partial charge is 0.303 e. The van der Waals surface area contributed by atoms with Crippen molar-refractivity contribution in [2.24, 2.45) is 5.92 Å². The van der Waals surface area contributed by atoms with Crippen molar-refractivity contribution >= 4 is 36.8 Å². The van der Waals surface area contributed by atoms with E-state index in [0.29, 0.717) is 71.8 Å². The Balaban J connectivity index is 0.00000484. The first-order chi connectivity index (χ1) is 20.1. The molecule has 0 fully saturated rings. The quantitative estimate of drug-likeness (QED) is 0.188. The van der Waals surface area contributed by atoms with Crippen molar-refractivity contribution in [3.8, 4) is 28.7 Å². The van der Waals surface area contributed by atoms with Crippen LogP contribution in [0.2, 0.25) is 0 Å². The van der Waals surface area contributed by atoms with Gasteiger partial charge in [-0.2, -0.15) is 0 Å². The molecule has 0 aliphatic carbocycles. The summed E-state index contributed by atoms with van der Waals surface area (Å²) in [6.07, 6.45) is 4.50. The molecule has 0 saturated heterocycles. The van der Waals surface area contributed by atoms with Crippen LogP contribution in [-0.2, 0) is 16.0 Å². The monoisotopic (exact) mass is 659 g/mol. The van der Waals surface area contributed by atoms with Crippen LogP contribution in [0.5, 0.6) is 28.7 Å². The summed E-state index contributed by atoms with van der Waals surface area (Å²) >= 11 is 0. The lowest BCUT2D eigenvalue weighted by Gasteiger charge is -2.46. The number of nitrogens with zero attached hydrogens (tertiary/aromatic N) is 1. The molecular weight excluding hydrogens is 613 g/mol. The molecule has 2 aromatic carbocycles. The van der Waals surface area contributed by atoms with E-state index in [2.05, 4.69) is 7.05 Å². The summed E-state index contributed by atoms with van der Waals surface area (Å²) < 4.78 is 28.9. The van der Waals surface area contributed by atoms with Crippen molar-refractivity contribution < 1.29 is 48.0 Å². The summed E-state index contributed by atoms with van der Waals surface area (Å²) in [6.45, 7) is 1.56. The summed E-state index contributed by atoms with van der Waals surface area (Å²) in [4.78, 5) is 22.7. The minimum absolute atomic E-state index is 0. The van der Waals surface area contributed by atoms with Crippen molar-refractivity contribution in [1.82, 2.24) is 0 Å². The molecule has 1 aliphatic heterocycles. The minimum Gasteiger partial charge on any atom is -0.550 e. The van der Waals surface area contributed by atoms with Gasteiger partial charge in [-0.1, -0.05) is 12.8 Å². The van der Waals surface area contributed by atoms with Gasteiger partial charge in [0.1, 0.15) is 6.04 Å². The van der Waals surface area contributed by atoms with Crippen molar-refractivity contribution in [1.29, 1.82) is 0 Å². The Morgan fingerprint density at radius 3 is 1.93 bits per heavy atom. The number of aliphatic carboxylic acids is 2. The average molecular weight is 661 g/mol. The molecule has 0 amide bonds. The Hall–Kier alpha value is -3.08. The molecule has 2 aromatic rings. The van der Waals surface area contributed by atoms with Gasteiger partial charge in [0, 0.05) is 29.9 Å². The Kier molecular flexibility index (Phi) is 16.0. The third-order valence-electron chi connectivity index (χ3n) is 8.46. The van der Waals surface area contributed by atoms with E-state index in [9.17, 15) is 14.7 Å². The number of fused-ring (bicyclic) bond motifs is 1. The Labute approximate surface area is 273 Å². The molecule has 1 N–H and O–H groups in total. The van der Waals surface area contributed by atoms with E-state index >= 15 is 0 Å². The molecule has 248 valence electrons. The van der Waals surface area contributed by atoms with E-state index in [-0.39, 0.29) is 37.3 Å². The van der Waals surface area contributed by atoms with E-state index in [4.69, 9.17) is 28.8 Å². The zero-order valence-electron chi connectivity index (χ0n) is 26.5. The largest absolute Gasteiger partial charge is 0.550 e. The lowest BCUT2D eigenvalue weighted by Crippen LogP contribution is -2.52. The molecule has 0 aromatic heterocycles. The number of benzene rings is 2. The number of quaternary nitrogens is 1. The van der Waals surface area contributed by atoms with Crippen LogP contribution in [0.1, 0.15) is 67.7 Å². The Bertz CT molecular complexity index is 1220. The standard InChI is InChI=1S/C32H45NO9.2ClH/c1-33(15-10-12-21(32(36)37)11-8-7-9-13-29(34)35)16-14-22-17-25(38-2)26(39-3)20-24(22)30(33)23-18-27(40-4)31(42-6)28(19-23)41-5;;/h17-21,30H,7-16H2,1-6H3,(H-,34,35,36,37);2*1H/t21?,30-,33+;;/m0../s1. The number of halogens is 2. The molecule has 0 spiro atoms. The number of hydrogen-bond donors (Lipinski definition) is 1. The van der Waals surface area contributed by atoms with Gasteiger partial charge in [-0.05, 0) is 61.4 Å². The third kappa shape index (κ3) is 9.22. The first-order valence-electron chi connectivity index (χ1n) is 14.4. The van der Waals surface area contributed by atoms with E-state index in [0.717, 1.165) is 36.2 Å². The van der Waals surface area contributed by atoms with Gasteiger partial charge in [0.25, 0.3) is 0 Å². The number of likely N-dealkylation sites (N-methyl/N-ethyl adjacent to an activating group) is 1. The molecule has 3 atom stereocenters. The first kappa shape index (κ1) is 38.9. The normalized spacial score (nSPS) is 17.6. The van der Waals surface area contributed by atoms with Gasteiger partial charge in [0.05, 0.1) is 55.7 Å². The summed E-state index contributed by atoms with van der Waals surface area (Å²) in [6, 6.07) is 7.92. The second kappa shape index (κ2) is 18.0. The van der Waals surface area contributed by atoms with Crippen LogP contribution in [0.25, 0.3) is 0 Å². The lowest BCUT2D eigenvalue weighted by atomic mass is 9.85. The van der Waals surface area contributed by atoms with Gasteiger partial charge in [-0.15, -0.1) is 24.8 Å². The number of unbranched alkanes of at least 4 members (excludes halogenated alkanes) is 2. The summed E-state index contributed by atoms with van der Waals surface area (Å²) in [7, 11) is 10.2. The molecule has 1 aliphatic rings. The maximum absolute atomic E-state index is 11.9. The zero-order valence-corrected chi connectivity index (χ0v) is 28.1. The molecule has 44 heavy (non-hydrogen) atoms. The van der Waals surface area contributed by atoms with Crippen LogP contribution in [0.15, 0.2) is 24.3 Å². The highest BCUT2D eigenvalue weighted by Gasteiger charge is 2.41. The highest BCUT2D eigenvalue weighted by atomic mass is 35.5. The fourth-order valence-corrected chi connectivity index (χ4v) is 6.21. The van der Waals surface area contributed by atoms with Crippen molar-refractivity contribution in [2.75, 3.05) is 55.7 Å². The number of carboxylic acid groups (broad SMARTS) is 2. The topological polar surface area (TPSA) is 124 Å². The molecule has 0 bridgehead atoms. The first-order valence-corrected chi connectivity index (χ1v) is 14.4. The Morgan fingerprint density at radius 2 is 1.41 bits per heavy atom. The Morgan fingerprint density at radius 1 is 0.841 bits per heavy atom. The van der Waals surface area contributed by atoms with Gasteiger partial charge in [0.15, 0.2) is 23.0 Å². The number of carbonyl (C=O) groups excluding carboxylic acids is 1. The summed E-state index contributed by atoms with van der Waals surface area (Å²) in [5.41, 5.74) is 3.25. The maximum atomic E-state index is 11.9. The second-order valence-electron chi connectivity index (χ2n) is 11.1. The van der Waals surface area contributed by atoms with Crippen LogP contribution >= 0.6 is 24.8 Å². The van der Waals surface area contributed by atoms with Gasteiger partial charge in [-0.25, -0.2) is 0 Å². The molecule has 3 rings (SSSR count). The van der Waals surface area contributed by atoms with Crippen LogP contribution < -0.4 is 28.8 Å². The van der Waals surface area contributed by atoms with Crippen molar-refractivity contribution in [2.45, 2.75) is 57.4 Å². The summed E-state index contributed by atoms with van der Waals surface area (Å²) in [5, 5.41) is 20.8. The highest BCUT2D eigenvalue weighted by molar-refractivity contribution is 5.85.